The van der Waals surface area contributed by atoms with Gasteiger partial charge in [-0.3, -0.25) is 14.7 Å². The summed E-state index contributed by atoms with van der Waals surface area (Å²) in [5.41, 5.74) is 0. The highest BCUT2D eigenvalue weighted by molar-refractivity contribution is 4.91. The molecule has 0 aromatic heterocycles. The largest absolute Gasteiger partial charge is 0.370 e. The Labute approximate surface area is 254 Å². The van der Waals surface area contributed by atoms with Crippen molar-refractivity contribution in [3.05, 3.63) is 126 Å². The lowest BCUT2D eigenvalue weighted by Gasteiger charge is -2.32. The van der Waals surface area contributed by atoms with Crippen molar-refractivity contribution < 1.29 is 0 Å². The smallest absolute Gasteiger partial charge is 0.0354 e. The highest BCUT2D eigenvalue weighted by Gasteiger charge is 2.17. The lowest BCUT2D eigenvalue weighted by molar-refractivity contribution is 0.192. The lowest BCUT2D eigenvalue weighted by Crippen LogP contribution is -2.40. The van der Waals surface area contributed by atoms with Crippen LogP contribution in [0.15, 0.2) is 126 Å². The fourth-order valence-corrected chi connectivity index (χ4v) is 4.27. The monoisotopic (exact) mass is 563 g/mol. The van der Waals surface area contributed by atoms with Gasteiger partial charge in [-0.05, 0) is 32.0 Å². The van der Waals surface area contributed by atoms with E-state index >= 15 is 0 Å². The number of nitrogens with one attached hydrogen (secondary N) is 1. The van der Waals surface area contributed by atoms with E-state index in [2.05, 4.69) is 96.4 Å². The molecular weight excluding hydrogens is 502 g/mol. The SMILES string of the molecule is C=CCN(C=CCCN(CC=C)CC=C)CC=C.C=CCNCCC(CCN(CC=C)CC=C)N(CC=C)CC=C. The Balaban J connectivity index is 0. The third kappa shape index (κ3) is 24.6. The second kappa shape index (κ2) is 31.6. The van der Waals surface area contributed by atoms with Crippen LogP contribution < -0.4 is 5.32 Å². The first-order chi connectivity index (χ1) is 20.0. The molecule has 41 heavy (non-hydrogen) atoms. The summed E-state index contributed by atoms with van der Waals surface area (Å²) in [5.74, 6) is 0. The van der Waals surface area contributed by atoms with Crippen LogP contribution >= 0.6 is 0 Å². The van der Waals surface area contributed by atoms with Crippen molar-refractivity contribution in [1.29, 1.82) is 0 Å². The van der Waals surface area contributed by atoms with Crippen LogP contribution in [0.1, 0.15) is 19.3 Å². The molecule has 0 radical (unpaired) electrons. The van der Waals surface area contributed by atoms with Crippen LogP contribution in [0.2, 0.25) is 0 Å². The molecule has 1 unspecified atom stereocenters. The van der Waals surface area contributed by atoms with Gasteiger partial charge in [-0.25, -0.2) is 0 Å². The Hall–Kier alpha value is -2.96. The molecule has 0 aliphatic carbocycles. The molecule has 0 bridgehead atoms. The molecule has 0 saturated heterocycles. The van der Waals surface area contributed by atoms with E-state index in [0.717, 1.165) is 97.8 Å². The molecule has 0 heterocycles. The summed E-state index contributed by atoms with van der Waals surface area (Å²) in [6.07, 6.45) is 24.9. The number of nitrogens with zero attached hydrogens (tertiary/aromatic N) is 4. The quantitative estimate of drug-likeness (QED) is 0.0828. The van der Waals surface area contributed by atoms with Crippen LogP contribution in [-0.2, 0) is 0 Å². The first-order valence-corrected chi connectivity index (χ1v) is 14.8. The van der Waals surface area contributed by atoms with Gasteiger partial charge in [0.1, 0.15) is 0 Å². The Morgan fingerprint density at radius 2 is 0.976 bits per heavy atom. The molecule has 0 spiro atoms. The van der Waals surface area contributed by atoms with Gasteiger partial charge in [0, 0.05) is 78.0 Å². The summed E-state index contributed by atoms with van der Waals surface area (Å²) in [6, 6.07) is 0.500. The molecule has 0 aromatic carbocycles. The summed E-state index contributed by atoms with van der Waals surface area (Å²) < 4.78 is 0. The van der Waals surface area contributed by atoms with Crippen LogP contribution in [-0.4, -0.2) is 104 Å². The zero-order chi connectivity index (χ0) is 31.0. The second-order valence-corrected chi connectivity index (χ2v) is 9.63. The summed E-state index contributed by atoms with van der Waals surface area (Å²) >= 11 is 0. The maximum absolute atomic E-state index is 3.89. The van der Waals surface area contributed by atoms with Gasteiger partial charge in [0.05, 0.1) is 0 Å². The van der Waals surface area contributed by atoms with Gasteiger partial charge in [-0.2, -0.15) is 0 Å². The molecule has 0 fully saturated rings. The van der Waals surface area contributed by atoms with Crippen molar-refractivity contribution in [2.75, 3.05) is 78.5 Å². The molecule has 1 atom stereocenters. The van der Waals surface area contributed by atoms with E-state index in [-0.39, 0.29) is 0 Å². The lowest BCUT2D eigenvalue weighted by atomic mass is 10.1. The van der Waals surface area contributed by atoms with E-state index in [0.29, 0.717) is 6.04 Å². The van der Waals surface area contributed by atoms with E-state index in [1.807, 2.05) is 54.7 Å². The number of rotatable bonds is 29. The number of hydrogen-bond acceptors (Lipinski definition) is 5. The molecule has 0 amide bonds. The van der Waals surface area contributed by atoms with Gasteiger partial charge in [0.2, 0.25) is 0 Å². The number of hydrogen-bond donors (Lipinski definition) is 1. The van der Waals surface area contributed by atoms with E-state index in [1.165, 1.54) is 0 Å². The minimum Gasteiger partial charge on any atom is -0.370 e. The maximum atomic E-state index is 3.89. The van der Waals surface area contributed by atoms with Gasteiger partial charge < -0.3 is 10.2 Å². The zero-order valence-corrected chi connectivity index (χ0v) is 26.2. The molecule has 230 valence electrons. The molecule has 0 aliphatic rings. The summed E-state index contributed by atoms with van der Waals surface area (Å²) in [4.78, 5) is 9.28. The normalized spacial score (nSPS) is 11.4. The third-order valence-electron chi connectivity index (χ3n) is 6.17. The predicted molar refractivity (Wildman–Crippen MR) is 187 cm³/mol. The average Bonchev–Trinajstić information content (AvgIpc) is 2.96. The standard InChI is InChI=1S/C20H35N3.C16H26N2/c1-6-13-21-14-11-20(23(17-9-4)18-10-5)12-19-22(15-7-2)16-8-3;1-5-11-17(12-6-2)15-9-10-16-18(13-7-3)14-8-4/h6-10,20-21H,1-5,11-19H2;5-9,15H,1-4,10-14,16H2. The van der Waals surface area contributed by atoms with Crippen LogP contribution in [0.3, 0.4) is 0 Å². The molecule has 0 aliphatic heterocycles. The summed E-state index contributed by atoms with van der Waals surface area (Å²) in [6.45, 7) is 45.2. The molecule has 5 heteroatoms. The van der Waals surface area contributed by atoms with Crippen LogP contribution in [0.4, 0.5) is 0 Å². The van der Waals surface area contributed by atoms with Crippen molar-refractivity contribution >= 4 is 0 Å². The van der Waals surface area contributed by atoms with E-state index < -0.39 is 0 Å². The van der Waals surface area contributed by atoms with Gasteiger partial charge in [-0.15, -0.1) is 59.2 Å². The minimum absolute atomic E-state index is 0.500. The van der Waals surface area contributed by atoms with Gasteiger partial charge in [0.15, 0.2) is 0 Å². The van der Waals surface area contributed by atoms with Crippen LogP contribution in [0.5, 0.6) is 0 Å². The third-order valence-corrected chi connectivity index (χ3v) is 6.17. The van der Waals surface area contributed by atoms with Crippen molar-refractivity contribution in [1.82, 2.24) is 24.9 Å². The van der Waals surface area contributed by atoms with E-state index in [4.69, 9.17) is 0 Å². The first-order valence-electron chi connectivity index (χ1n) is 14.8. The topological polar surface area (TPSA) is 25.0 Å². The van der Waals surface area contributed by atoms with Gasteiger partial charge >= 0.3 is 0 Å². The fourth-order valence-electron chi connectivity index (χ4n) is 4.27. The molecule has 0 saturated carbocycles. The maximum Gasteiger partial charge on any atom is 0.0354 e. The Morgan fingerprint density at radius 1 is 0.512 bits per heavy atom. The first kappa shape index (κ1) is 40.2. The van der Waals surface area contributed by atoms with Crippen molar-refractivity contribution in [3.63, 3.8) is 0 Å². The Morgan fingerprint density at radius 3 is 1.41 bits per heavy atom. The average molecular weight is 564 g/mol. The Bertz CT molecular complexity index is 713. The summed E-state index contributed by atoms with van der Waals surface area (Å²) in [5, 5.41) is 3.40. The molecule has 0 aromatic rings. The van der Waals surface area contributed by atoms with E-state index in [1.54, 1.807) is 0 Å². The van der Waals surface area contributed by atoms with Crippen molar-refractivity contribution in [2.45, 2.75) is 25.3 Å². The highest BCUT2D eigenvalue weighted by atomic mass is 15.2. The molecule has 5 nitrogen and oxygen atoms in total. The van der Waals surface area contributed by atoms with Crippen molar-refractivity contribution in [3.8, 4) is 0 Å². The fraction of sp³-hybridized carbons (Fsp3) is 0.444. The van der Waals surface area contributed by atoms with E-state index in [9.17, 15) is 0 Å². The highest BCUT2D eigenvalue weighted by Crippen LogP contribution is 2.11. The van der Waals surface area contributed by atoms with Gasteiger partial charge in [-0.1, -0.05) is 60.8 Å². The summed E-state index contributed by atoms with van der Waals surface area (Å²) in [7, 11) is 0. The molecule has 0 rings (SSSR count). The zero-order valence-electron chi connectivity index (χ0n) is 26.2. The predicted octanol–water partition coefficient (Wildman–Crippen LogP) is 6.50. The molecule has 1 N–H and O–H groups in total. The van der Waals surface area contributed by atoms with Gasteiger partial charge in [0.25, 0.3) is 0 Å². The van der Waals surface area contributed by atoms with Crippen LogP contribution in [0.25, 0.3) is 0 Å². The molecular formula is C36H61N5. The minimum atomic E-state index is 0.500. The van der Waals surface area contributed by atoms with Crippen molar-refractivity contribution in [2.24, 2.45) is 0 Å². The second-order valence-electron chi connectivity index (χ2n) is 9.63. The van der Waals surface area contributed by atoms with Crippen LogP contribution in [0, 0.1) is 0 Å². The Kier molecular flexibility index (Phi) is 30.9.